The van der Waals surface area contributed by atoms with Crippen molar-refractivity contribution in [3.05, 3.63) is 57.3 Å². The van der Waals surface area contributed by atoms with Crippen LogP contribution >= 0.6 is 22.9 Å². The molecule has 150 valence electrons. The largest absolute Gasteiger partial charge is 0.321 e. The fourth-order valence-corrected chi connectivity index (χ4v) is 5.04. The fraction of sp³-hybridized carbons (Fsp3) is 0.211. The number of thiophene rings is 1. The molecule has 0 unspecified atom stereocenters. The maximum atomic E-state index is 13.2. The summed E-state index contributed by atoms with van der Waals surface area (Å²) in [5, 5.41) is 2.90. The van der Waals surface area contributed by atoms with E-state index in [-0.39, 0.29) is 15.6 Å². The zero-order valence-corrected chi connectivity index (χ0v) is 17.5. The van der Waals surface area contributed by atoms with Crippen molar-refractivity contribution in [2.24, 2.45) is 0 Å². The number of sulfone groups is 1. The molecule has 2 aromatic heterocycles. The smallest absolute Gasteiger partial charge is 0.265 e. The molecule has 0 bridgehead atoms. The lowest BCUT2D eigenvalue weighted by Crippen LogP contribution is -2.11. The minimum Gasteiger partial charge on any atom is -0.321 e. The Hall–Kier alpha value is -2.36. The number of hydrogen-bond acceptors (Lipinski definition) is 6. The van der Waals surface area contributed by atoms with Crippen molar-refractivity contribution < 1.29 is 17.6 Å². The zero-order chi connectivity index (χ0) is 20.8. The Morgan fingerprint density at radius 1 is 1.21 bits per heavy atom. The predicted molar refractivity (Wildman–Crippen MR) is 110 cm³/mol. The highest BCUT2D eigenvalue weighted by Crippen LogP contribution is 2.48. The third-order valence-corrected chi connectivity index (χ3v) is 6.96. The Labute approximate surface area is 175 Å². The lowest BCUT2D eigenvalue weighted by atomic mass is 10.1. The molecule has 1 N–H and O–H groups in total. The van der Waals surface area contributed by atoms with Crippen molar-refractivity contribution >= 4 is 44.4 Å². The van der Waals surface area contributed by atoms with E-state index in [4.69, 9.17) is 11.6 Å². The van der Waals surface area contributed by atoms with Crippen LogP contribution in [0.25, 0.3) is 11.4 Å². The van der Waals surface area contributed by atoms with Gasteiger partial charge in [-0.15, -0.1) is 11.3 Å². The van der Waals surface area contributed by atoms with Crippen LogP contribution in [0.4, 0.5) is 10.1 Å². The van der Waals surface area contributed by atoms with Crippen LogP contribution in [0.3, 0.4) is 0 Å². The Morgan fingerprint density at radius 3 is 2.52 bits per heavy atom. The number of anilines is 1. The molecule has 1 aliphatic rings. The number of nitrogens with zero attached hydrogens (tertiary/aromatic N) is 2. The average Bonchev–Trinajstić information content (AvgIpc) is 3.39. The molecular formula is C19H15ClFN3O3S2. The average molecular weight is 452 g/mol. The van der Waals surface area contributed by atoms with E-state index in [1.807, 2.05) is 0 Å². The lowest BCUT2D eigenvalue weighted by molar-refractivity contribution is 0.103. The van der Waals surface area contributed by atoms with Gasteiger partial charge in [0.2, 0.25) is 0 Å². The summed E-state index contributed by atoms with van der Waals surface area (Å²) in [7, 11) is -3.47. The van der Waals surface area contributed by atoms with Gasteiger partial charge in [0.15, 0.2) is 21.5 Å². The number of halogens is 2. The van der Waals surface area contributed by atoms with E-state index in [0.29, 0.717) is 22.2 Å². The van der Waals surface area contributed by atoms with Gasteiger partial charge in [0.25, 0.3) is 5.91 Å². The molecule has 0 aliphatic heterocycles. The molecule has 2 heterocycles. The van der Waals surface area contributed by atoms with Crippen LogP contribution in [0.1, 0.15) is 33.3 Å². The van der Waals surface area contributed by atoms with Crippen molar-refractivity contribution in [2.75, 3.05) is 11.6 Å². The molecular weight excluding hydrogens is 437 g/mol. The molecule has 0 saturated heterocycles. The van der Waals surface area contributed by atoms with E-state index in [0.717, 1.165) is 36.4 Å². The molecule has 0 atom stereocenters. The maximum Gasteiger partial charge on any atom is 0.265 e. The van der Waals surface area contributed by atoms with Gasteiger partial charge in [0.1, 0.15) is 0 Å². The first-order chi connectivity index (χ1) is 13.7. The standard InChI is InChI=1S/C19H15ClFN3O3S2/c1-29(26,27)14-5-11(20)4-13(6-14)24-19(25)16-7-15(17(28-16)10-2-3-10)18-22-8-12(21)9-23-18/h4-10H,2-3H2,1H3,(H,24,25). The number of carbonyl (C=O) groups excluding carboxylic acids is 1. The van der Waals surface area contributed by atoms with Crippen LogP contribution in [-0.2, 0) is 9.84 Å². The van der Waals surface area contributed by atoms with E-state index in [1.54, 1.807) is 6.07 Å². The molecule has 29 heavy (non-hydrogen) atoms. The summed E-state index contributed by atoms with van der Waals surface area (Å²) in [6.45, 7) is 0. The van der Waals surface area contributed by atoms with Gasteiger partial charge < -0.3 is 5.32 Å². The summed E-state index contributed by atoms with van der Waals surface area (Å²) in [5.74, 6) is -0.219. The highest BCUT2D eigenvalue weighted by Gasteiger charge is 2.31. The molecule has 10 heteroatoms. The molecule has 1 amide bonds. The molecule has 0 radical (unpaired) electrons. The second-order valence-electron chi connectivity index (χ2n) is 6.79. The van der Waals surface area contributed by atoms with E-state index in [9.17, 15) is 17.6 Å². The molecule has 4 rings (SSSR count). The topological polar surface area (TPSA) is 89.0 Å². The number of hydrogen-bond donors (Lipinski definition) is 1. The summed E-state index contributed by atoms with van der Waals surface area (Å²) in [6.07, 6.45) is 5.29. The van der Waals surface area contributed by atoms with Crippen molar-refractivity contribution in [3.8, 4) is 11.4 Å². The lowest BCUT2D eigenvalue weighted by Gasteiger charge is -2.07. The van der Waals surface area contributed by atoms with Crippen LogP contribution in [0, 0.1) is 5.82 Å². The van der Waals surface area contributed by atoms with Gasteiger partial charge >= 0.3 is 0 Å². The highest BCUT2D eigenvalue weighted by atomic mass is 35.5. The minimum absolute atomic E-state index is 0.0190. The quantitative estimate of drug-likeness (QED) is 0.615. The second kappa shape index (κ2) is 7.47. The first-order valence-corrected chi connectivity index (χ1v) is 11.7. The number of carbonyl (C=O) groups is 1. The normalized spacial score (nSPS) is 14.0. The fourth-order valence-electron chi connectivity index (χ4n) is 2.83. The Bertz CT molecular complexity index is 1210. The van der Waals surface area contributed by atoms with Gasteiger partial charge in [-0.3, -0.25) is 4.79 Å². The van der Waals surface area contributed by atoms with Crippen molar-refractivity contribution in [1.29, 1.82) is 0 Å². The van der Waals surface area contributed by atoms with Gasteiger partial charge in [0.05, 0.1) is 22.2 Å². The number of aromatic nitrogens is 2. The number of amides is 1. The first-order valence-electron chi connectivity index (χ1n) is 8.64. The van der Waals surface area contributed by atoms with E-state index in [1.165, 1.54) is 29.5 Å². The van der Waals surface area contributed by atoms with Crippen LogP contribution in [-0.4, -0.2) is 30.5 Å². The van der Waals surface area contributed by atoms with Gasteiger partial charge in [0, 0.05) is 27.4 Å². The summed E-state index contributed by atoms with van der Waals surface area (Å²) in [5.41, 5.74) is 0.995. The van der Waals surface area contributed by atoms with Crippen molar-refractivity contribution in [1.82, 2.24) is 9.97 Å². The van der Waals surface area contributed by atoms with Crippen LogP contribution in [0.5, 0.6) is 0 Å². The van der Waals surface area contributed by atoms with Crippen LogP contribution in [0.15, 0.2) is 41.6 Å². The van der Waals surface area contributed by atoms with E-state index >= 15 is 0 Å². The highest BCUT2D eigenvalue weighted by molar-refractivity contribution is 7.90. The molecule has 1 aromatic carbocycles. The molecule has 1 fully saturated rings. The number of rotatable bonds is 5. The van der Waals surface area contributed by atoms with Gasteiger partial charge in [-0.25, -0.2) is 22.8 Å². The maximum absolute atomic E-state index is 13.2. The van der Waals surface area contributed by atoms with Crippen LogP contribution in [0.2, 0.25) is 5.02 Å². The predicted octanol–water partition coefficient (Wildman–Crippen LogP) is 4.53. The monoisotopic (exact) mass is 451 g/mol. The summed E-state index contributed by atoms with van der Waals surface area (Å²) >= 11 is 7.33. The molecule has 1 aliphatic carbocycles. The third-order valence-electron chi connectivity index (χ3n) is 4.35. The number of nitrogens with one attached hydrogen (secondary N) is 1. The van der Waals surface area contributed by atoms with Gasteiger partial charge in [-0.2, -0.15) is 0 Å². The summed E-state index contributed by atoms with van der Waals surface area (Å²) in [6, 6.07) is 5.85. The SMILES string of the molecule is CS(=O)(=O)c1cc(Cl)cc(NC(=O)c2cc(-c3ncc(F)cn3)c(C3CC3)s2)c1. The molecule has 0 spiro atoms. The summed E-state index contributed by atoms with van der Waals surface area (Å²) in [4.78, 5) is 22.3. The zero-order valence-electron chi connectivity index (χ0n) is 15.1. The van der Waals surface area contributed by atoms with Gasteiger partial charge in [-0.1, -0.05) is 11.6 Å². The van der Waals surface area contributed by atoms with Crippen molar-refractivity contribution in [3.63, 3.8) is 0 Å². The minimum atomic E-state index is -3.47. The second-order valence-corrected chi connectivity index (χ2v) is 10.3. The van der Waals surface area contributed by atoms with E-state index < -0.39 is 21.6 Å². The Morgan fingerprint density at radius 2 is 1.90 bits per heavy atom. The van der Waals surface area contributed by atoms with Crippen LogP contribution < -0.4 is 5.32 Å². The third kappa shape index (κ3) is 4.47. The number of benzene rings is 1. The Balaban J connectivity index is 1.65. The Kier molecular flexibility index (Phi) is 5.14. The molecule has 1 saturated carbocycles. The molecule has 3 aromatic rings. The summed E-state index contributed by atoms with van der Waals surface area (Å²) < 4.78 is 36.7. The molecule has 6 nitrogen and oxygen atoms in total. The van der Waals surface area contributed by atoms with Crippen molar-refractivity contribution in [2.45, 2.75) is 23.7 Å². The first kappa shape index (κ1) is 19.9. The van der Waals surface area contributed by atoms with E-state index in [2.05, 4.69) is 15.3 Å². The van der Waals surface area contributed by atoms with Gasteiger partial charge in [-0.05, 0) is 43.0 Å².